The normalized spacial score (nSPS) is 11.4. The summed E-state index contributed by atoms with van der Waals surface area (Å²) in [4.78, 5) is 27.7. The Kier molecular flexibility index (Phi) is 7.99. The van der Waals surface area contributed by atoms with Crippen molar-refractivity contribution in [2.75, 3.05) is 17.2 Å². The molecule has 0 aliphatic carbocycles. The number of amides is 3. The SMILES string of the molecule is CCc1cccc(NC(=O)N(CC(=O)Nc2cc(C(C)(C)C)nn2-c2ccccc2C)C(C)C)c1. The summed E-state index contributed by atoms with van der Waals surface area (Å²) in [6.07, 6.45) is 0.880. The van der Waals surface area contributed by atoms with E-state index in [1.54, 1.807) is 4.68 Å². The largest absolute Gasteiger partial charge is 0.322 e. The van der Waals surface area contributed by atoms with Crippen LogP contribution in [0.25, 0.3) is 5.69 Å². The first-order valence-corrected chi connectivity index (χ1v) is 12.1. The molecule has 1 heterocycles. The van der Waals surface area contributed by atoms with E-state index in [-0.39, 0.29) is 29.9 Å². The molecule has 0 bridgehead atoms. The van der Waals surface area contributed by atoms with E-state index in [9.17, 15) is 9.59 Å². The van der Waals surface area contributed by atoms with E-state index in [1.807, 2.05) is 75.4 Å². The van der Waals surface area contributed by atoms with E-state index < -0.39 is 0 Å². The molecule has 0 fully saturated rings. The standard InChI is InChI=1S/C28H37N5O2/c1-8-21-13-11-14-22(16-21)29-27(35)32(19(2)3)18-26(34)30-25-17-24(28(5,6)7)31-33(25)23-15-10-9-12-20(23)4/h9-17,19H,8,18H2,1-7H3,(H,29,35)(H,30,34). The van der Waals surface area contributed by atoms with Gasteiger partial charge in [0.2, 0.25) is 5.91 Å². The van der Waals surface area contributed by atoms with Crippen molar-refractivity contribution in [2.24, 2.45) is 0 Å². The second-order valence-electron chi connectivity index (χ2n) is 10.1. The second-order valence-corrected chi connectivity index (χ2v) is 10.1. The van der Waals surface area contributed by atoms with E-state index in [4.69, 9.17) is 5.10 Å². The average molecular weight is 476 g/mol. The number of aromatic nitrogens is 2. The molecule has 0 saturated carbocycles. The molecule has 0 aliphatic heterocycles. The van der Waals surface area contributed by atoms with Crippen molar-refractivity contribution in [3.63, 3.8) is 0 Å². The average Bonchev–Trinajstić information content (AvgIpc) is 3.21. The highest BCUT2D eigenvalue weighted by molar-refractivity contribution is 5.97. The number of carbonyl (C=O) groups excluding carboxylic acids is 2. The molecule has 1 aromatic heterocycles. The van der Waals surface area contributed by atoms with Crippen LogP contribution < -0.4 is 10.6 Å². The zero-order valence-electron chi connectivity index (χ0n) is 21.8. The number of anilines is 2. The molecule has 35 heavy (non-hydrogen) atoms. The van der Waals surface area contributed by atoms with Crippen LogP contribution in [-0.4, -0.2) is 39.2 Å². The topological polar surface area (TPSA) is 79.3 Å². The number of hydrogen-bond donors (Lipinski definition) is 2. The Hall–Kier alpha value is -3.61. The summed E-state index contributed by atoms with van der Waals surface area (Å²) in [5.74, 6) is 0.292. The van der Waals surface area contributed by atoms with Crippen LogP contribution in [0.3, 0.4) is 0 Å². The van der Waals surface area contributed by atoms with Crippen molar-refractivity contribution in [2.45, 2.75) is 66.3 Å². The van der Waals surface area contributed by atoms with Crippen LogP contribution >= 0.6 is 0 Å². The Labute approximate surface area is 208 Å². The number of nitrogens with zero attached hydrogens (tertiary/aromatic N) is 3. The molecule has 3 rings (SSSR count). The first kappa shape index (κ1) is 26.0. The zero-order chi connectivity index (χ0) is 25.8. The Balaban J connectivity index is 1.82. The fraction of sp³-hybridized carbons (Fsp3) is 0.393. The molecule has 186 valence electrons. The molecule has 0 aliphatic rings. The van der Waals surface area contributed by atoms with Crippen molar-refractivity contribution in [1.29, 1.82) is 0 Å². The van der Waals surface area contributed by atoms with Crippen LogP contribution in [0.15, 0.2) is 54.6 Å². The van der Waals surface area contributed by atoms with Gasteiger partial charge < -0.3 is 15.5 Å². The fourth-order valence-electron chi connectivity index (χ4n) is 3.71. The highest BCUT2D eigenvalue weighted by Crippen LogP contribution is 2.27. The number of rotatable bonds is 7. The monoisotopic (exact) mass is 475 g/mol. The lowest BCUT2D eigenvalue weighted by atomic mass is 9.92. The predicted octanol–water partition coefficient (Wildman–Crippen LogP) is 5.92. The van der Waals surface area contributed by atoms with Crippen molar-refractivity contribution >= 4 is 23.4 Å². The molecule has 0 atom stereocenters. The number of para-hydroxylation sites is 1. The van der Waals surface area contributed by atoms with Crippen LogP contribution in [-0.2, 0) is 16.6 Å². The lowest BCUT2D eigenvalue weighted by molar-refractivity contribution is -0.117. The number of carbonyl (C=O) groups is 2. The van der Waals surface area contributed by atoms with Gasteiger partial charge in [0.1, 0.15) is 12.4 Å². The third-order valence-electron chi connectivity index (χ3n) is 5.87. The Morgan fingerprint density at radius 1 is 1.03 bits per heavy atom. The number of hydrogen-bond acceptors (Lipinski definition) is 3. The molecule has 7 heteroatoms. The number of benzene rings is 2. The van der Waals surface area contributed by atoms with Gasteiger partial charge in [0.25, 0.3) is 0 Å². The van der Waals surface area contributed by atoms with Crippen molar-refractivity contribution < 1.29 is 9.59 Å². The van der Waals surface area contributed by atoms with Crippen LogP contribution in [0.1, 0.15) is 58.4 Å². The van der Waals surface area contributed by atoms with Gasteiger partial charge in [0, 0.05) is 23.2 Å². The van der Waals surface area contributed by atoms with Crippen LogP contribution in [0.5, 0.6) is 0 Å². The van der Waals surface area contributed by atoms with E-state index in [2.05, 4.69) is 38.3 Å². The molecule has 0 saturated heterocycles. The summed E-state index contributed by atoms with van der Waals surface area (Å²) in [5, 5.41) is 10.7. The van der Waals surface area contributed by atoms with E-state index >= 15 is 0 Å². The number of aryl methyl sites for hydroxylation is 2. The quantitative estimate of drug-likeness (QED) is 0.445. The molecule has 7 nitrogen and oxygen atoms in total. The summed E-state index contributed by atoms with van der Waals surface area (Å²) >= 11 is 0. The van der Waals surface area contributed by atoms with Gasteiger partial charge in [-0.2, -0.15) is 5.10 Å². The molecule has 2 N–H and O–H groups in total. The molecule has 0 unspecified atom stereocenters. The molecule has 3 amide bonds. The van der Waals surface area contributed by atoms with E-state index in [1.165, 1.54) is 4.90 Å². The Morgan fingerprint density at radius 2 is 1.74 bits per heavy atom. The summed E-state index contributed by atoms with van der Waals surface area (Å²) in [6.45, 7) is 14.0. The fourth-order valence-corrected chi connectivity index (χ4v) is 3.71. The summed E-state index contributed by atoms with van der Waals surface area (Å²) in [7, 11) is 0. The van der Waals surface area contributed by atoms with Gasteiger partial charge in [0.15, 0.2) is 0 Å². The van der Waals surface area contributed by atoms with Crippen LogP contribution in [0.4, 0.5) is 16.3 Å². The van der Waals surface area contributed by atoms with Gasteiger partial charge in [-0.3, -0.25) is 4.79 Å². The van der Waals surface area contributed by atoms with Gasteiger partial charge in [-0.05, 0) is 56.5 Å². The minimum atomic E-state index is -0.314. The van der Waals surface area contributed by atoms with Crippen molar-refractivity contribution in [1.82, 2.24) is 14.7 Å². The molecule has 0 spiro atoms. The first-order chi connectivity index (χ1) is 16.5. The summed E-state index contributed by atoms with van der Waals surface area (Å²) in [5.41, 5.74) is 4.47. The Bertz CT molecular complexity index is 1190. The number of urea groups is 1. The molecular weight excluding hydrogens is 438 g/mol. The smallest absolute Gasteiger partial charge is 0.313 e. The third kappa shape index (κ3) is 6.50. The number of nitrogens with one attached hydrogen (secondary N) is 2. The van der Waals surface area contributed by atoms with E-state index in [0.717, 1.165) is 28.9 Å². The maximum Gasteiger partial charge on any atom is 0.322 e. The van der Waals surface area contributed by atoms with Crippen molar-refractivity contribution in [3.8, 4) is 5.69 Å². The molecular formula is C28H37N5O2. The van der Waals surface area contributed by atoms with Gasteiger partial charge in [0.05, 0.1) is 11.4 Å². The molecule has 2 aromatic carbocycles. The van der Waals surface area contributed by atoms with Crippen molar-refractivity contribution in [3.05, 3.63) is 71.4 Å². The molecule has 3 aromatic rings. The zero-order valence-corrected chi connectivity index (χ0v) is 21.8. The minimum absolute atomic E-state index is 0.0826. The lowest BCUT2D eigenvalue weighted by Gasteiger charge is -2.26. The van der Waals surface area contributed by atoms with Crippen LogP contribution in [0.2, 0.25) is 0 Å². The highest BCUT2D eigenvalue weighted by atomic mass is 16.2. The maximum absolute atomic E-state index is 13.1. The Morgan fingerprint density at radius 3 is 2.37 bits per heavy atom. The molecule has 0 radical (unpaired) electrons. The highest BCUT2D eigenvalue weighted by Gasteiger charge is 2.24. The maximum atomic E-state index is 13.1. The first-order valence-electron chi connectivity index (χ1n) is 12.1. The third-order valence-corrected chi connectivity index (χ3v) is 5.87. The summed E-state index contributed by atoms with van der Waals surface area (Å²) < 4.78 is 1.77. The van der Waals surface area contributed by atoms with Gasteiger partial charge >= 0.3 is 6.03 Å². The van der Waals surface area contributed by atoms with E-state index in [0.29, 0.717) is 11.5 Å². The van der Waals surface area contributed by atoms with Crippen LogP contribution in [0, 0.1) is 6.92 Å². The van der Waals surface area contributed by atoms with Gasteiger partial charge in [-0.15, -0.1) is 0 Å². The van der Waals surface area contributed by atoms with Gasteiger partial charge in [-0.25, -0.2) is 9.48 Å². The minimum Gasteiger partial charge on any atom is -0.313 e. The second kappa shape index (κ2) is 10.8. The van der Waals surface area contributed by atoms with Gasteiger partial charge in [-0.1, -0.05) is 58.0 Å². The predicted molar refractivity (Wildman–Crippen MR) is 142 cm³/mol. The lowest BCUT2D eigenvalue weighted by Crippen LogP contribution is -2.44. The summed E-state index contributed by atoms with van der Waals surface area (Å²) in [6, 6.07) is 17.1.